The number of hydrogen-bond acceptors (Lipinski definition) is 4. The van der Waals surface area contributed by atoms with Gasteiger partial charge in [-0.25, -0.2) is 0 Å². The second kappa shape index (κ2) is 11.1. The molecule has 1 aliphatic heterocycles. The van der Waals surface area contributed by atoms with E-state index in [1.807, 2.05) is 29.3 Å². The minimum atomic E-state index is -0.619. The molecule has 0 N–H and O–H groups in total. The van der Waals surface area contributed by atoms with Crippen molar-refractivity contribution in [3.63, 3.8) is 0 Å². The fraction of sp³-hybridized carbons (Fsp3) is 0.0370. The third-order valence-corrected chi connectivity index (χ3v) is 15.7. The average Bonchev–Trinajstić information content (AvgIpc) is 3.98. The van der Waals surface area contributed by atoms with Crippen molar-refractivity contribution >= 4 is 43.3 Å². The van der Waals surface area contributed by atoms with Crippen molar-refractivity contribution in [3.8, 4) is 44.8 Å². The Kier molecular flexibility index (Phi) is 6.01. The van der Waals surface area contributed by atoms with Gasteiger partial charge >= 0.3 is 0 Å². The lowest BCUT2D eigenvalue weighted by atomic mass is 9.66. The second-order valence-electron chi connectivity index (χ2n) is 16.0. The van der Waals surface area contributed by atoms with Gasteiger partial charge in [0.25, 0.3) is 0 Å². The van der Waals surface area contributed by atoms with Gasteiger partial charge in [0, 0.05) is 53.5 Å². The van der Waals surface area contributed by atoms with Crippen molar-refractivity contribution in [3.05, 3.63) is 227 Å². The lowest BCUT2D eigenvalue weighted by Gasteiger charge is -2.40. The topological polar surface area (TPSA) is 25.8 Å². The van der Waals surface area contributed by atoms with Crippen molar-refractivity contribution in [1.82, 2.24) is 9.97 Å². The summed E-state index contributed by atoms with van der Waals surface area (Å²) in [6.07, 6.45) is 3.99. The van der Waals surface area contributed by atoms with Crippen molar-refractivity contribution in [2.75, 3.05) is 0 Å². The van der Waals surface area contributed by atoms with Crippen LogP contribution < -0.4 is 0 Å². The van der Waals surface area contributed by atoms with E-state index in [1.165, 1.54) is 102 Å². The Morgan fingerprint density at radius 2 is 0.983 bits per heavy atom. The van der Waals surface area contributed by atoms with Gasteiger partial charge in [0.2, 0.25) is 0 Å². The highest BCUT2D eigenvalue weighted by Gasteiger charge is 2.55. The number of hydrogen-bond donors (Lipinski definition) is 0. The van der Waals surface area contributed by atoms with E-state index in [-0.39, 0.29) is 0 Å². The molecule has 7 aromatic carbocycles. The molecular weight excluding hydrogens is 741 g/mol. The Morgan fingerprint density at radius 3 is 1.78 bits per heavy atom. The summed E-state index contributed by atoms with van der Waals surface area (Å²) in [6, 6.07) is 64.0. The molecule has 14 rings (SSSR count). The predicted molar refractivity (Wildman–Crippen MR) is 238 cm³/mol. The number of aromatic nitrogens is 2. The summed E-state index contributed by atoms with van der Waals surface area (Å²) in [4.78, 5) is 13.0. The van der Waals surface area contributed by atoms with Crippen LogP contribution in [0.3, 0.4) is 0 Å². The van der Waals surface area contributed by atoms with Gasteiger partial charge in [-0.2, -0.15) is 0 Å². The molecule has 0 amide bonds. The Hall–Kier alpha value is -6.59. The first-order valence-electron chi connectivity index (χ1n) is 19.9. The molecular formula is C54H30N2S2. The van der Waals surface area contributed by atoms with Crippen LogP contribution in [0.15, 0.2) is 192 Å². The summed E-state index contributed by atoms with van der Waals surface area (Å²) < 4.78 is 2.61. The maximum absolute atomic E-state index is 5.35. The molecule has 4 heteroatoms. The summed E-state index contributed by atoms with van der Waals surface area (Å²) in [5.41, 5.74) is 18.9. The Labute approximate surface area is 343 Å². The Morgan fingerprint density at radius 1 is 0.362 bits per heavy atom. The summed E-state index contributed by atoms with van der Waals surface area (Å²) in [5, 5.41) is 2.62. The molecule has 4 heterocycles. The van der Waals surface area contributed by atoms with Gasteiger partial charge in [0.05, 0.1) is 22.2 Å². The van der Waals surface area contributed by atoms with Gasteiger partial charge in [0.15, 0.2) is 0 Å². The molecule has 0 saturated carbocycles. The van der Waals surface area contributed by atoms with Gasteiger partial charge < -0.3 is 0 Å². The normalized spacial score (nSPS) is 16.8. The molecule has 3 aliphatic carbocycles. The van der Waals surface area contributed by atoms with Crippen LogP contribution in [0.2, 0.25) is 0 Å². The van der Waals surface area contributed by atoms with Crippen LogP contribution in [0.1, 0.15) is 44.5 Å². The molecule has 10 aromatic rings. The van der Waals surface area contributed by atoms with E-state index in [0.29, 0.717) is 0 Å². The fourth-order valence-electron chi connectivity index (χ4n) is 11.2. The van der Waals surface area contributed by atoms with Gasteiger partial charge in [-0.15, -0.1) is 11.3 Å². The highest BCUT2D eigenvalue weighted by atomic mass is 32.2. The molecule has 3 aromatic heterocycles. The van der Waals surface area contributed by atoms with E-state index in [2.05, 4.69) is 176 Å². The molecule has 1 unspecified atom stereocenters. The fourth-order valence-corrected chi connectivity index (χ4v) is 13.6. The van der Waals surface area contributed by atoms with E-state index in [0.717, 1.165) is 17.0 Å². The number of fused-ring (bicyclic) bond motifs is 22. The third-order valence-electron chi connectivity index (χ3n) is 13.5. The highest BCUT2D eigenvalue weighted by molar-refractivity contribution is 7.99. The van der Waals surface area contributed by atoms with Crippen LogP contribution in [0.25, 0.3) is 64.9 Å². The van der Waals surface area contributed by atoms with Gasteiger partial charge in [-0.05, 0) is 109 Å². The number of thiophene rings is 1. The van der Waals surface area contributed by atoms with Crippen molar-refractivity contribution in [2.24, 2.45) is 0 Å². The first kappa shape index (κ1) is 31.5. The minimum Gasteiger partial charge on any atom is -0.254 e. The van der Waals surface area contributed by atoms with Crippen LogP contribution in [0.4, 0.5) is 0 Å². The summed E-state index contributed by atoms with van der Waals surface area (Å²) in [7, 11) is 0. The highest BCUT2D eigenvalue weighted by Crippen LogP contribution is 2.67. The first-order chi connectivity index (χ1) is 28.7. The Balaban J connectivity index is 1.07. The molecule has 0 fully saturated rings. The minimum absolute atomic E-state index is 0.411. The van der Waals surface area contributed by atoms with Gasteiger partial charge in [0.1, 0.15) is 0 Å². The summed E-state index contributed by atoms with van der Waals surface area (Å²) in [5.74, 6) is 0. The zero-order valence-electron chi connectivity index (χ0n) is 31.0. The van der Waals surface area contributed by atoms with Crippen LogP contribution in [0.5, 0.6) is 0 Å². The predicted octanol–water partition coefficient (Wildman–Crippen LogP) is 13.7. The molecule has 0 saturated heterocycles. The first-order valence-corrected chi connectivity index (χ1v) is 21.5. The molecule has 268 valence electrons. The van der Waals surface area contributed by atoms with E-state index in [4.69, 9.17) is 9.97 Å². The van der Waals surface area contributed by atoms with Crippen LogP contribution >= 0.6 is 23.1 Å². The molecule has 2 spiro atoms. The van der Waals surface area contributed by atoms with Crippen LogP contribution in [0, 0.1) is 0 Å². The lowest BCUT2D eigenvalue weighted by molar-refractivity contribution is 0.715. The van der Waals surface area contributed by atoms with Crippen molar-refractivity contribution < 1.29 is 0 Å². The summed E-state index contributed by atoms with van der Waals surface area (Å²) in [6.45, 7) is 0. The molecule has 0 bridgehead atoms. The standard InChI is InChI=1S/C54H30N2S2/c1-5-16-39-33(12-1)34-13-2-6-17-40(34)53(39)41-18-7-3-14-35(41)38-28-45-50(29-44(38)53)58-48-22-10-8-19-42(48)54(45)43-20-11-25-55-51(43)52-46(54)26-32(30-56-52)31-23-24-37-36-15-4-9-21-47(36)57-49(37)27-31/h1-30H. The molecule has 1 atom stereocenters. The smallest absolute Gasteiger partial charge is 0.0937 e. The van der Waals surface area contributed by atoms with E-state index in [9.17, 15) is 0 Å². The summed E-state index contributed by atoms with van der Waals surface area (Å²) >= 11 is 3.77. The van der Waals surface area contributed by atoms with Gasteiger partial charge in [-0.1, -0.05) is 139 Å². The molecule has 58 heavy (non-hydrogen) atoms. The second-order valence-corrected chi connectivity index (χ2v) is 18.1. The SMILES string of the molecule is c1ccc2c(c1)Sc1cc3c(cc1C21c2cccnc2-c2ncc(-c4ccc5c(c4)sc4ccccc45)cc21)-c1ccccc1C31c2ccccc2-c2ccccc21. The monoisotopic (exact) mass is 770 g/mol. The van der Waals surface area contributed by atoms with Crippen LogP contribution in [-0.4, -0.2) is 9.97 Å². The van der Waals surface area contributed by atoms with Crippen molar-refractivity contribution in [1.29, 1.82) is 0 Å². The maximum Gasteiger partial charge on any atom is 0.0937 e. The number of nitrogens with zero attached hydrogens (tertiary/aromatic N) is 2. The molecule has 2 nitrogen and oxygen atoms in total. The van der Waals surface area contributed by atoms with Crippen LogP contribution in [-0.2, 0) is 10.8 Å². The van der Waals surface area contributed by atoms with Gasteiger partial charge in [-0.3, -0.25) is 9.97 Å². The van der Waals surface area contributed by atoms with Crippen molar-refractivity contribution in [2.45, 2.75) is 20.6 Å². The third kappa shape index (κ3) is 3.68. The van der Waals surface area contributed by atoms with E-state index < -0.39 is 10.8 Å². The number of pyridine rings is 2. The number of rotatable bonds is 1. The van der Waals surface area contributed by atoms with E-state index in [1.54, 1.807) is 0 Å². The van der Waals surface area contributed by atoms with E-state index >= 15 is 0 Å². The number of benzene rings is 7. The lowest BCUT2D eigenvalue weighted by Crippen LogP contribution is -2.33. The quantitative estimate of drug-likeness (QED) is 0.166. The zero-order chi connectivity index (χ0) is 37.7. The zero-order valence-corrected chi connectivity index (χ0v) is 32.7. The maximum atomic E-state index is 5.35. The average molecular weight is 771 g/mol. The Bertz CT molecular complexity index is 3420. The molecule has 4 aliphatic rings. The largest absolute Gasteiger partial charge is 0.254 e. The molecule has 0 radical (unpaired) electrons.